The summed E-state index contributed by atoms with van der Waals surface area (Å²) in [6.45, 7) is 4.45. The van der Waals surface area contributed by atoms with Crippen molar-refractivity contribution in [1.82, 2.24) is 23.9 Å². The molecule has 13 nitrogen and oxygen atoms in total. The molecule has 4 amide bonds. The van der Waals surface area contributed by atoms with Crippen LogP contribution in [0.3, 0.4) is 0 Å². The smallest absolute Gasteiger partial charge is 0.410 e. The van der Waals surface area contributed by atoms with E-state index >= 15 is 0 Å². The highest BCUT2D eigenvalue weighted by Crippen LogP contribution is 2.26. The Hall–Kier alpha value is -3.75. The lowest BCUT2D eigenvalue weighted by Gasteiger charge is -2.42. The number of rotatable bonds is 7. The summed E-state index contributed by atoms with van der Waals surface area (Å²) >= 11 is 0. The van der Waals surface area contributed by atoms with Crippen LogP contribution in [-0.2, 0) is 32.4 Å². The van der Waals surface area contributed by atoms with E-state index in [1.165, 1.54) is 22.7 Å². The SMILES string of the molecule is [B]c1cc(C[C@@H](OC(=O)N2CCC(N3CCc4ccccc4NC3=O)CC2)C(=O)N2CCC(N3CCN(S(C)(=O)=O)CC3)CC2)cc([B])c1O. The number of hydrogen-bond donors (Lipinski definition) is 2. The number of sulfonamides is 1. The largest absolute Gasteiger partial charge is 0.509 e. The number of phenols is 1. The number of piperidine rings is 2. The van der Waals surface area contributed by atoms with Gasteiger partial charge in [0.15, 0.2) is 6.10 Å². The topological polar surface area (TPSA) is 143 Å². The average molecular weight is 702 g/mol. The highest BCUT2D eigenvalue weighted by molar-refractivity contribution is 7.88. The molecule has 50 heavy (non-hydrogen) atoms. The molecule has 2 aromatic carbocycles. The van der Waals surface area contributed by atoms with Crippen molar-refractivity contribution in [3.63, 3.8) is 0 Å². The summed E-state index contributed by atoms with van der Waals surface area (Å²) < 4.78 is 31.3. The molecule has 3 saturated heterocycles. The van der Waals surface area contributed by atoms with Gasteiger partial charge in [-0.05, 0) is 49.3 Å². The van der Waals surface area contributed by atoms with Crippen molar-refractivity contribution in [3.05, 3.63) is 47.5 Å². The predicted molar refractivity (Wildman–Crippen MR) is 191 cm³/mol. The minimum absolute atomic E-state index is 0.0254. The Morgan fingerprint density at radius 1 is 0.900 bits per heavy atom. The first-order chi connectivity index (χ1) is 23.9. The number of likely N-dealkylation sites (tertiary alicyclic amines) is 2. The van der Waals surface area contributed by atoms with Gasteiger partial charge in [0.25, 0.3) is 5.91 Å². The molecular formula is C34H44B2N6O7S. The van der Waals surface area contributed by atoms with Crippen LogP contribution in [0.25, 0.3) is 0 Å². The average Bonchev–Trinajstić information content (AvgIpc) is 3.27. The monoisotopic (exact) mass is 702 g/mol. The number of aromatic hydroxyl groups is 1. The van der Waals surface area contributed by atoms with Crippen LogP contribution in [0, 0.1) is 0 Å². The lowest BCUT2D eigenvalue weighted by molar-refractivity contribution is -0.142. The number of piperazine rings is 1. The second kappa shape index (κ2) is 15.2. The minimum atomic E-state index is -3.22. The fourth-order valence-electron chi connectivity index (χ4n) is 7.61. The first-order valence-corrected chi connectivity index (χ1v) is 19.2. The van der Waals surface area contributed by atoms with Crippen molar-refractivity contribution in [3.8, 4) is 5.75 Å². The highest BCUT2D eigenvalue weighted by Gasteiger charge is 2.37. The quantitative estimate of drug-likeness (QED) is 0.389. The summed E-state index contributed by atoms with van der Waals surface area (Å²) in [5.74, 6) is -0.558. The van der Waals surface area contributed by atoms with E-state index in [-0.39, 0.29) is 47.1 Å². The Kier molecular flexibility index (Phi) is 11.0. The molecule has 4 aliphatic heterocycles. The maximum atomic E-state index is 14.0. The lowest BCUT2D eigenvalue weighted by atomic mass is 9.83. The van der Waals surface area contributed by atoms with E-state index in [0.29, 0.717) is 90.1 Å². The Labute approximate surface area is 296 Å². The summed E-state index contributed by atoms with van der Waals surface area (Å²) in [4.78, 5) is 48.1. The molecular weight excluding hydrogens is 658 g/mol. The Morgan fingerprint density at radius 3 is 2.14 bits per heavy atom. The number of carbonyl (C=O) groups excluding carboxylic acids is 3. The number of urea groups is 1. The number of ether oxygens (including phenoxy) is 1. The van der Waals surface area contributed by atoms with Gasteiger partial charge >= 0.3 is 12.1 Å². The molecule has 4 radical (unpaired) electrons. The molecule has 4 heterocycles. The summed E-state index contributed by atoms with van der Waals surface area (Å²) in [5, 5.41) is 13.1. The van der Waals surface area contributed by atoms with E-state index in [0.717, 1.165) is 17.7 Å². The van der Waals surface area contributed by atoms with Crippen LogP contribution < -0.4 is 16.2 Å². The number of amides is 4. The number of carbonyl (C=O) groups is 3. The fraction of sp³-hybridized carbons (Fsp3) is 0.559. The van der Waals surface area contributed by atoms with Crippen LogP contribution in [0.15, 0.2) is 36.4 Å². The first kappa shape index (κ1) is 36.1. The van der Waals surface area contributed by atoms with Crippen LogP contribution in [0.1, 0.15) is 36.8 Å². The first-order valence-electron chi connectivity index (χ1n) is 17.3. The van der Waals surface area contributed by atoms with Crippen LogP contribution in [-0.4, -0.2) is 154 Å². The van der Waals surface area contributed by atoms with Crippen molar-refractivity contribution in [2.45, 2.75) is 56.7 Å². The van der Waals surface area contributed by atoms with Crippen LogP contribution >= 0.6 is 0 Å². The van der Waals surface area contributed by atoms with Crippen molar-refractivity contribution in [1.29, 1.82) is 0 Å². The van der Waals surface area contributed by atoms with Crippen LogP contribution in [0.4, 0.5) is 15.3 Å². The number of para-hydroxylation sites is 1. The Bertz CT molecular complexity index is 1670. The maximum absolute atomic E-state index is 14.0. The van der Waals surface area contributed by atoms with Gasteiger partial charge in [-0.2, -0.15) is 4.31 Å². The molecule has 3 fully saturated rings. The molecule has 0 aliphatic carbocycles. The second-order valence-corrected chi connectivity index (χ2v) is 15.7. The zero-order chi connectivity index (χ0) is 35.6. The number of nitrogens with one attached hydrogen (secondary N) is 1. The maximum Gasteiger partial charge on any atom is 0.410 e. The predicted octanol–water partition coefficient (Wildman–Crippen LogP) is 0.150. The summed E-state index contributed by atoms with van der Waals surface area (Å²) in [6, 6.07) is 10.9. The summed E-state index contributed by atoms with van der Waals surface area (Å²) in [7, 11) is 8.69. The van der Waals surface area contributed by atoms with Crippen molar-refractivity contribution in [2.75, 3.05) is 70.5 Å². The van der Waals surface area contributed by atoms with Gasteiger partial charge in [0, 0.05) is 83.1 Å². The molecule has 6 rings (SSSR count). The number of hydrogen-bond acceptors (Lipinski definition) is 8. The molecule has 0 aromatic heterocycles. The van der Waals surface area contributed by atoms with E-state index in [9.17, 15) is 27.9 Å². The standard InChI is InChI=1S/C34H44B2N6O7S/c1-50(47,48)41-18-16-38(17-19-41)25-7-11-39(12-8-25)32(44)30(22-23-20-27(35)31(43)28(36)21-23)49-34(46)40-13-9-26(10-14-40)42-15-6-24-4-2-3-5-29(24)37-33(42)45/h2-5,20-21,25-26,30,43H,6-19,22H2,1H3,(H,37,45)/t30-/m1/s1. The third kappa shape index (κ3) is 8.24. The number of fused-ring (bicyclic) bond motifs is 1. The lowest BCUT2D eigenvalue weighted by Crippen LogP contribution is -2.55. The second-order valence-electron chi connectivity index (χ2n) is 13.7. The molecule has 0 unspecified atom stereocenters. The van der Waals surface area contributed by atoms with E-state index in [4.69, 9.17) is 20.4 Å². The van der Waals surface area contributed by atoms with Crippen molar-refractivity contribution in [2.24, 2.45) is 0 Å². The van der Waals surface area contributed by atoms with Crippen molar-refractivity contribution < 1.29 is 32.6 Å². The van der Waals surface area contributed by atoms with Gasteiger partial charge in [-0.1, -0.05) is 41.3 Å². The van der Waals surface area contributed by atoms with Gasteiger partial charge in [-0.3, -0.25) is 9.69 Å². The Morgan fingerprint density at radius 2 is 1.50 bits per heavy atom. The molecule has 2 N–H and O–H groups in total. The van der Waals surface area contributed by atoms with Gasteiger partial charge in [0.05, 0.1) is 6.26 Å². The molecule has 1 atom stereocenters. The molecule has 0 spiro atoms. The number of benzene rings is 2. The van der Waals surface area contributed by atoms with E-state index in [1.807, 2.05) is 29.2 Å². The van der Waals surface area contributed by atoms with Crippen LogP contribution in [0.2, 0.25) is 0 Å². The van der Waals surface area contributed by atoms with Gasteiger partial charge in [0.1, 0.15) is 21.4 Å². The molecule has 0 bridgehead atoms. The number of phenolic OH excluding ortho intramolecular Hbond substituents is 1. The Balaban J connectivity index is 1.07. The van der Waals surface area contributed by atoms with Gasteiger partial charge in [0.2, 0.25) is 10.0 Å². The molecule has 2 aromatic rings. The van der Waals surface area contributed by atoms with E-state index in [2.05, 4.69) is 10.2 Å². The minimum Gasteiger partial charge on any atom is -0.509 e. The van der Waals surface area contributed by atoms with Gasteiger partial charge < -0.3 is 29.9 Å². The molecule has 0 saturated carbocycles. The van der Waals surface area contributed by atoms with Crippen molar-refractivity contribution >= 4 is 60.4 Å². The van der Waals surface area contributed by atoms with Gasteiger partial charge in [-0.15, -0.1) is 0 Å². The molecule has 264 valence electrons. The van der Waals surface area contributed by atoms with Gasteiger partial charge in [-0.25, -0.2) is 18.0 Å². The fourth-order valence-corrected chi connectivity index (χ4v) is 8.43. The third-order valence-electron chi connectivity index (χ3n) is 10.5. The zero-order valence-electron chi connectivity index (χ0n) is 28.5. The van der Waals surface area contributed by atoms with E-state index in [1.54, 1.807) is 9.80 Å². The molecule has 16 heteroatoms. The van der Waals surface area contributed by atoms with Crippen LogP contribution in [0.5, 0.6) is 5.75 Å². The highest BCUT2D eigenvalue weighted by atomic mass is 32.2. The number of anilines is 1. The zero-order valence-corrected chi connectivity index (χ0v) is 29.3. The van der Waals surface area contributed by atoms with E-state index < -0.39 is 22.2 Å². The molecule has 4 aliphatic rings. The summed E-state index contributed by atoms with van der Waals surface area (Å²) in [5.41, 5.74) is 2.60. The third-order valence-corrected chi connectivity index (χ3v) is 11.8. The normalized spacial score (nSPS) is 20.9. The summed E-state index contributed by atoms with van der Waals surface area (Å²) in [6.07, 6.45) is 2.83. The number of nitrogens with zero attached hydrogens (tertiary/aromatic N) is 5.